The molecule has 2 saturated heterocycles. The fourth-order valence-electron chi connectivity index (χ4n) is 4.83. The molecule has 3 heterocycles. The standard InChI is InChI=1S/C28H35N5O4/c1-35-25-8-6-23(7-9-25)27-30-26(37-31-27)20-32-12-10-24(11-13-32)28(34)29-18-21-2-4-22(5-3-21)19-33-14-16-36-17-15-33/h2-9,24H,10-20H2,1H3,(H,29,34). The number of hydrogen-bond acceptors (Lipinski definition) is 8. The van der Waals surface area contributed by atoms with Crippen molar-refractivity contribution in [1.82, 2.24) is 25.3 Å². The second kappa shape index (κ2) is 12.3. The van der Waals surface area contributed by atoms with E-state index in [0.29, 0.717) is 24.8 Å². The van der Waals surface area contributed by atoms with Gasteiger partial charge in [0.05, 0.1) is 26.9 Å². The number of piperidine rings is 1. The van der Waals surface area contributed by atoms with Crippen LogP contribution in [0.1, 0.15) is 29.9 Å². The number of nitrogens with one attached hydrogen (secondary N) is 1. The van der Waals surface area contributed by atoms with Crippen LogP contribution in [0.3, 0.4) is 0 Å². The van der Waals surface area contributed by atoms with Crippen molar-refractivity contribution in [3.63, 3.8) is 0 Å². The van der Waals surface area contributed by atoms with E-state index in [1.54, 1.807) is 7.11 Å². The number of nitrogens with zero attached hydrogens (tertiary/aromatic N) is 4. The molecule has 0 unspecified atom stereocenters. The molecule has 0 spiro atoms. The summed E-state index contributed by atoms with van der Waals surface area (Å²) in [6.07, 6.45) is 1.65. The van der Waals surface area contributed by atoms with Gasteiger partial charge in [0, 0.05) is 37.7 Å². The lowest BCUT2D eigenvalue weighted by Crippen LogP contribution is -2.40. The second-order valence-electron chi connectivity index (χ2n) is 9.71. The Bertz CT molecular complexity index is 1130. The predicted molar refractivity (Wildman–Crippen MR) is 139 cm³/mol. The summed E-state index contributed by atoms with van der Waals surface area (Å²) >= 11 is 0. The summed E-state index contributed by atoms with van der Waals surface area (Å²) < 4.78 is 16.1. The summed E-state index contributed by atoms with van der Waals surface area (Å²) in [7, 11) is 1.64. The first-order valence-corrected chi connectivity index (χ1v) is 13.0. The normalized spacial score (nSPS) is 17.5. The Labute approximate surface area is 217 Å². The summed E-state index contributed by atoms with van der Waals surface area (Å²) in [5.74, 6) is 2.12. The molecule has 0 atom stereocenters. The number of aromatic nitrogens is 2. The Morgan fingerprint density at radius 2 is 1.62 bits per heavy atom. The van der Waals surface area contributed by atoms with E-state index in [9.17, 15) is 4.79 Å². The van der Waals surface area contributed by atoms with E-state index in [1.165, 1.54) is 5.56 Å². The molecule has 2 aromatic carbocycles. The van der Waals surface area contributed by atoms with Crippen LogP contribution in [0, 0.1) is 5.92 Å². The van der Waals surface area contributed by atoms with Crippen LogP contribution in [0.2, 0.25) is 0 Å². The number of carbonyl (C=O) groups excluding carboxylic acids is 1. The molecule has 1 amide bonds. The SMILES string of the molecule is COc1ccc(-c2noc(CN3CCC(C(=O)NCc4ccc(CN5CCOCC5)cc4)CC3)n2)cc1. The zero-order valence-electron chi connectivity index (χ0n) is 21.4. The minimum absolute atomic E-state index is 0.0365. The molecule has 9 nitrogen and oxygen atoms in total. The Hall–Kier alpha value is -3.27. The Kier molecular flexibility index (Phi) is 8.45. The summed E-state index contributed by atoms with van der Waals surface area (Å²) in [5, 5.41) is 7.24. The molecule has 0 bridgehead atoms. The van der Waals surface area contributed by atoms with Gasteiger partial charge in [0.1, 0.15) is 5.75 Å². The van der Waals surface area contributed by atoms with Crippen molar-refractivity contribution in [2.45, 2.75) is 32.5 Å². The van der Waals surface area contributed by atoms with Gasteiger partial charge in [0.15, 0.2) is 0 Å². The number of morpholine rings is 1. The highest BCUT2D eigenvalue weighted by atomic mass is 16.5. The largest absolute Gasteiger partial charge is 0.497 e. The number of benzene rings is 2. The third-order valence-corrected chi connectivity index (χ3v) is 7.13. The lowest BCUT2D eigenvalue weighted by molar-refractivity contribution is -0.126. The van der Waals surface area contributed by atoms with Crippen LogP contribution in [-0.2, 0) is 29.2 Å². The van der Waals surface area contributed by atoms with E-state index >= 15 is 0 Å². The first-order valence-electron chi connectivity index (χ1n) is 13.0. The summed E-state index contributed by atoms with van der Waals surface area (Å²) in [4.78, 5) is 22.0. The van der Waals surface area contributed by atoms with Crippen LogP contribution in [0.25, 0.3) is 11.4 Å². The topological polar surface area (TPSA) is 93.0 Å². The van der Waals surface area contributed by atoms with Gasteiger partial charge in [0.25, 0.3) is 0 Å². The summed E-state index contributed by atoms with van der Waals surface area (Å²) in [6.45, 7) is 7.34. The summed E-state index contributed by atoms with van der Waals surface area (Å²) in [5.41, 5.74) is 3.31. The number of methoxy groups -OCH3 is 1. The zero-order chi connectivity index (χ0) is 25.5. The quantitative estimate of drug-likeness (QED) is 0.474. The molecule has 1 aromatic heterocycles. The van der Waals surface area contributed by atoms with Crippen molar-refractivity contribution in [3.05, 3.63) is 65.5 Å². The number of ether oxygens (including phenoxy) is 2. The van der Waals surface area contributed by atoms with Crippen LogP contribution < -0.4 is 10.1 Å². The summed E-state index contributed by atoms with van der Waals surface area (Å²) in [6, 6.07) is 16.1. The molecule has 2 aliphatic rings. The van der Waals surface area contributed by atoms with Gasteiger partial charge in [-0.05, 0) is 61.3 Å². The highest BCUT2D eigenvalue weighted by Gasteiger charge is 2.26. The van der Waals surface area contributed by atoms with Crippen molar-refractivity contribution in [2.24, 2.45) is 5.92 Å². The molecular weight excluding hydrogens is 470 g/mol. The average molecular weight is 506 g/mol. The molecule has 5 rings (SSSR count). The maximum atomic E-state index is 12.8. The molecule has 3 aromatic rings. The van der Waals surface area contributed by atoms with Gasteiger partial charge in [-0.3, -0.25) is 14.6 Å². The Morgan fingerprint density at radius 1 is 0.946 bits per heavy atom. The number of carbonyl (C=O) groups is 1. The minimum Gasteiger partial charge on any atom is -0.497 e. The van der Waals surface area contributed by atoms with Crippen LogP contribution in [0.4, 0.5) is 0 Å². The van der Waals surface area contributed by atoms with E-state index in [-0.39, 0.29) is 11.8 Å². The first kappa shape index (κ1) is 25.4. The third kappa shape index (κ3) is 6.94. The van der Waals surface area contributed by atoms with Gasteiger partial charge >= 0.3 is 0 Å². The first-order chi connectivity index (χ1) is 18.2. The third-order valence-electron chi connectivity index (χ3n) is 7.13. The van der Waals surface area contributed by atoms with Gasteiger partial charge < -0.3 is 19.3 Å². The average Bonchev–Trinajstić information content (AvgIpc) is 3.42. The van der Waals surface area contributed by atoms with Crippen molar-refractivity contribution in [2.75, 3.05) is 46.5 Å². The monoisotopic (exact) mass is 505 g/mol. The van der Waals surface area contributed by atoms with Gasteiger partial charge in [-0.2, -0.15) is 4.98 Å². The lowest BCUT2D eigenvalue weighted by Gasteiger charge is -2.30. The number of amides is 1. The highest BCUT2D eigenvalue weighted by molar-refractivity contribution is 5.78. The van der Waals surface area contributed by atoms with Gasteiger partial charge in [0.2, 0.25) is 17.6 Å². The van der Waals surface area contributed by atoms with E-state index in [1.807, 2.05) is 24.3 Å². The Morgan fingerprint density at radius 3 is 2.32 bits per heavy atom. The molecule has 1 N–H and O–H groups in total. The predicted octanol–water partition coefficient (Wildman–Crippen LogP) is 3.11. The van der Waals surface area contributed by atoms with E-state index in [0.717, 1.165) is 75.7 Å². The maximum absolute atomic E-state index is 12.8. The molecular formula is C28H35N5O4. The van der Waals surface area contributed by atoms with Gasteiger partial charge in [-0.1, -0.05) is 29.4 Å². The molecule has 0 aliphatic carbocycles. The van der Waals surface area contributed by atoms with Crippen LogP contribution in [0.5, 0.6) is 5.75 Å². The van der Waals surface area contributed by atoms with Crippen molar-refractivity contribution < 1.29 is 18.8 Å². The zero-order valence-corrected chi connectivity index (χ0v) is 21.4. The number of rotatable bonds is 9. The molecule has 0 radical (unpaired) electrons. The number of likely N-dealkylation sites (tertiary alicyclic amines) is 1. The molecule has 2 aliphatic heterocycles. The van der Waals surface area contributed by atoms with Crippen LogP contribution in [0.15, 0.2) is 53.1 Å². The van der Waals surface area contributed by atoms with Crippen LogP contribution >= 0.6 is 0 Å². The van der Waals surface area contributed by atoms with E-state index in [2.05, 4.69) is 49.5 Å². The van der Waals surface area contributed by atoms with Gasteiger partial charge in [-0.15, -0.1) is 0 Å². The van der Waals surface area contributed by atoms with E-state index in [4.69, 9.17) is 14.0 Å². The van der Waals surface area contributed by atoms with Crippen molar-refractivity contribution in [3.8, 4) is 17.1 Å². The van der Waals surface area contributed by atoms with Crippen LogP contribution in [-0.4, -0.2) is 72.4 Å². The molecule has 0 saturated carbocycles. The minimum atomic E-state index is 0.0365. The molecule has 37 heavy (non-hydrogen) atoms. The number of hydrogen-bond donors (Lipinski definition) is 1. The van der Waals surface area contributed by atoms with Crippen molar-refractivity contribution >= 4 is 5.91 Å². The highest BCUT2D eigenvalue weighted by Crippen LogP contribution is 2.22. The molecule has 196 valence electrons. The fourth-order valence-corrected chi connectivity index (χ4v) is 4.83. The lowest BCUT2D eigenvalue weighted by atomic mass is 9.96. The second-order valence-corrected chi connectivity index (χ2v) is 9.71. The van der Waals surface area contributed by atoms with Gasteiger partial charge in [-0.25, -0.2) is 0 Å². The smallest absolute Gasteiger partial charge is 0.241 e. The van der Waals surface area contributed by atoms with E-state index < -0.39 is 0 Å². The van der Waals surface area contributed by atoms with Crippen molar-refractivity contribution in [1.29, 1.82) is 0 Å². The molecule has 9 heteroatoms. The maximum Gasteiger partial charge on any atom is 0.241 e. The fraction of sp³-hybridized carbons (Fsp3) is 0.464. The molecule has 2 fully saturated rings. The Balaban J connectivity index is 1.03.